The van der Waals surface area contributed by atoms with Crippen molar-refractivity contribution >= 4 is 11.8 Å². The molecule has 0 amide bonds. The summed E-state index contributed by atoms with van der Waals surface area (Å²) in [4.78, 5) is 4.50. The number of aromatic nitrogens is 1. The topological polar surface area (TPSA) is 24.9 Å². The highest BCUT2D eigenvalue weighted by molar-refractivity contribution is 7.99. The fourth-order valence-electron chi connectivity index (χ4n) is 1.44. The molecule has 102 valence electrons. The zero-order chi connectivity index (χ0) is 13.6. The van der Waals surface area contributed by atoms with Crippen LogP contribution in [0.25, 0.3) is 0 Å². The van der Waals surface area contributed by atoms with Gasteiger partial charge in [0.05, 0.1) is 0 Å². The molecule has 18 heavy (non-hydrogen) atoms. The van der Waals surface area contributed by atoms with E-state index >= 15 is 0 Å². The van der Waals surface area contributed by atoms with Crippen LogP contribution >= 0.6 is 11.8 Å². The molecule has 0 aliphatic rings. The average molecular weight is 266 g/mol. The first-order valence-electron chi connectivity index (χ1n) is 6.70. The van der Waals surface area contributed by atoms with E-state index < -0.39 is 0 Å². The van der Waals surface area contributed by atoms with E-state index in [2.05, 4.69) is 51.0 Å². The predicted octanol–water partition coefficient (Wildman–Crippen LogP) is 4.11. The first-order valence-corrected chi connectivity index (χ1v) is 7.69. The fourth-order valence-corrected chi connectivity index (χ4v) is 2.68. The van der Waals surface area contributed by atoms with Crippen LogP contribution in [-0.4, -0.2) is 16.3 Å². The molecule has 0 spiro atoms. The van der Waals surface area contributed by atoms with Crippen molar-refractivity contribution in [3.05, 3.63) is 23.9 Å². The van der Waals surface area contributed by atoms with Gasteiger partial charge in [0.1, 0.15) is 5.03 Å². The van der Waals surface area contributed by atoms with Crippen LogP contribution in [0.3, 0.4) is 0 Å². The van der Waals surface area contributed by atoms with E-state index in [1.165, 1.54) is 17.0 Å². The van der Waals surface area contributed by atoms with Crippen molar-refractivity contribution in [3.8, 4) is 0 Å². The second-order valence-electron chi connectivity index (χ2n) is 6.10. The maximum absolute atomic E-state index is 4.50. The van der Waals surface area contributed by atoms with Gasteiger partial charge in [-0.1, -0.05) is 19.9 Å². The molecule has 0 saturated heterocycles. The van der Waals surface area contributed by atoms with E-state index in [9.17, 15) is 0 Å². The van der Waals surface area contributed by atoms with E-state index in [0.717, 1.165) is 18.2 Å². The average Bonchev–Trinajstić information content (AvgIpc) is 2.26. The molecule has 3 heteroatoms. The van der Waals surface area contributed by atoms with Crippen molar-refractivity contribution in [2.45, 2.75) is 58.1 Å². The summed E-state index contributed by atoms with van der Waals surface area (Å²) in [7, 11) is 0. The van der Waals surface area contributed by atoms with Gasteiger partial charge in [-0.25, -0.2) is 4.98 Å². The molecule has 0 aromatic carbocycles. The van der Waals surface area contributed by atoms with Crippen molar-refractivity contribution in [1.82, 2.24) is 10.3 Å². The van der Waals surface area contributed by atoms with Gasteiger partial charge in [0.25, 0.3) is 0 Å². The van der Waals surface area contributed by atoms with Crippen molar-refractivity contribution in [1.29, 1.82) is 0 Å². The minimum Gasteiger partial charge on any atom is -0.308 e. The molecule has 0 aliphatic heterocycles. The Bertz CT molecular complexity index is 356. The molecule has 0 atom stereocenters. The van der Waals surface area contributed by atoms with Crippen molar-refractivity contribution in [2.75, 3.05) is 5.75 Å². The van der Waals surface area contributed by atoms with Crippen LogP contribution in [-0.2, 0) is 6.54 Å². The van der Waals surface area contributed by atoms with Gasteiger partial charge in [-0.05, 0) is 50.5 Å². The maximum Gasteiger partial charge on any atom is 0.100 e. The second-order valence-corrected chi connectivity index (χ2v) is 7.19. The molecule has 0 unspecified atom stereocenters. The zero-order valence-corrected chi connectivity index (χ0v) is 13.1. The van der Waals surface area contributed by atoms with Crippen molar-refractivity contribution in [2.24, 2.45) is 5.92 Å². The predicted molar refractivity (Wildman–Crippen MR) is 81.0 cm³/mol. The van der Waals surface area contributed by atoms with Gasteiger partial charge in [-0.3, -0.25) is 0 Å². The summed E-state index contributed by atoms with van der Waals surface area (Å²) in [5, 5.41) is 4.70. The van der Waals surface area contributed by atoms with Crippen LogP contribution in [0.5, 0.6) is 0 Å². The normalized spacial score (nSPS) is 12.1. The van der Waals surface area contributed by atoms with Gasteiger partial charge in [0.15, 0.2) is 0 Å². The molecule has 0 saturated carbocycles. The molecule has 0 aliphatic carbocycles. The van der Waals surface area contributed by atoms with E-state index in [1.807, 2.05) is 24.0 Å². The van der Waals surface area contributed by atoms with Crippen LogP contribution in [0.1, 0.15) is 46.6 Å². The van der Waals surface area contributed by atoms with Crippen molar-refractivity contribution in [3.63, 3.8) is 0 Å². The Kier molecular flexibility index (Phi) is 6.16. The molecular weight excluding hydrogens is 240 g/mol. The minimum absolute atomic E-state index is 0.149. The molecule has 0 radical (unpaired) electrons. The third-order valence-corrected chi connectivity index (χ3v) is 3.67. The lowest BCUT2D eigenvalue weighted by molar-refractivity contribution is 0.422. The monoisotopic (exact) mass is 266 g/mol. The summed E-state index contributed by atoms with van der Waals surface area (Å²) in [6.07, 6.45) is 3.13. The highest BCUT2D eigenvalue weighted by atomic mass is 32.2. The number of nitrogens with zero attached hydrogens (tertiary/aromatic N) is 1. The van der Waals surface area contributed by atoms with Gasteiger partial charge >= 0.3 is 0 Å². The molecule has 1 heterocycles. The number of rotatable bonds is 6. The van der Waals surface area contributed by atoms with Gasteiger partial charge in [0, 0.05) is 18.3 Å². The first kappa shape index (κ1) is 15.5. The number of thioether (sulfide) groups is 1. The zero-order valence-electron chi connectivity index (χ0n) is 12.3. The van der Waals surface area contributed by atoms with Crippen LogP contribution in [0.2, 0.25) is 0 Å². The molecule has 1 aromatic rings. The van der Waals surface area contributed by atoms with E-state index in [0.29, 0.717) is 0 Å². The quantitative estimate of drug-likeness (QED) is 0.784. The molecule has 1 aromatic heterocycles. The summed E-state index contributed by atoms with van der Waals surface area (Å²) in [5.74, 6) is 1.91. The van der Waals surface area contributed by atoms with Crippen molar-refractivity contribution < 1.29 is 0 Å². The highest BCUT2D eigenvalue weighted by Crippen LogP contribution is 2.22. The molecule has 1 N–H and O–H groups in total. The summed E-state index contributed by atoms with van der Waals surface area (Å²) in [5.41, 5.74) is 1.46. The standard InChI is InChI=1S/C15H26N2S/c1-12(2)8-10-18-14-13(7-6-9-16-14)11-17-15(3,4)5/h6-7,9,12,17H,8,10-11H2,1-5H3. The fraction of sp³-hybridized carbons (Fsp3) is 0.667. The Labute approximate surface area is 116 Å². The molecule has 0 bridgehead atoms. The van der Waals surface area contributed by atoms with E-state index in [1.54, 1.807) is 0 Å². The summed E-state index contributed by atoms with van der Waals surface area (Å²) >= 11 is 1.87. The first-order chi connectivity index (χ1) is 8.38. The van der Waals surface area contributed by atoms with Gasteiger partial charge in [-0.2, -0.15) is 0 Å². The Balaban J connectivity index is 2.56. The Morgan fingerprint density at radius 2 is 2.06 bits per heavy atom. The Morgan fingerprint density at radius 1 is 1.33 bits per heavy atom. The maximum atomic E-state index is 4.50. The number of nitrogens with one attached hydrogen (secondary N) is 1. The van der Waals surface area contributed by atoms with Gasteiger partial charge in [-0.15, -0.1) is 11.8 Å². The Morgan fingerprint density at radius 3 is 2.67 bits per heavy atom. The third kappa shape index (κ3) is 6.41. The highest BCUT2D eigenvalue weighted by Gasteiger charge is 2.11. The van der Waals surface area contributed by atoms with Gasteiger partial charge in [0.2, 0.25) is 0 Å². The van der Waals surface area contributed by atoms with Crippen LogP contribution in [0.4, 0.5) is 0 Å². The minimum atomic E-state index is 0.149. The summed E-state index contributed by atoms with van der Waals surface area (Å²) in [6.45, 7) is 12.0. The largest absolute Gasteiger partial charge is 0.308 e. The van der Waals surface area contributed by atoms with Crippen LogP contribution in [0.15, 0.2) is 23.4 Å². The van der Waals surface area contributed by atoms with E-state index in [4.69, 9.17) is 0 Å². The summed E-state index contributed by atoms with van der Waals surface area (Å²) in [6, 6.07) is 4.19. The van der Waals surface area contributed by atoms with Crippen LogP contribution in [0, 0.1) is 5.92 Å². The number of hydrogen-bond donors (Lipinski definition) is 1. The second kappa shape index (κ2) is 7.15. The molecule has 0 fully saturated rings. The lowest BCUT2D eigenvalue weighted by atomic mass is 10.1. The Hall–Kier alpha value is -0.540. The summed E-state index contributed by atoms with van der Waals surface area (Å²) < 4.78 is 0. The van der Waals surface area contributed by atoms with Gasteiger partial charge < -0.3 is 5.32 Å². The lowest BCUT2D eigenvalue weighted by Crippen LogP contribution is -2.35. The number of hydrogen-bond acceptors (Lipinski definition) is 3. The SMILES string of the molecule is CC(C)CCSc1ncccc1CNC(C)(C)C. The lowest BCUT2D eigenvalue weighted by Gasteiger charge is -2.21. The molecular formula is C15H26N2S. The van der Waals surface area contributed by atoms with Crippen LogP contribution < -0.4 is 5.32 Å². The number of pyridine rings is 1. The third-order valence-electron chi connectivity index (χ3n) is 2.59. The molecule has 1 rings (SSSR count). The smallest absolute Gasteiger partial charge is 0.100 e. The van der Waals surface area contributed by atoms with E-state index in [-0.39, 0.29) is 5.54 Å². The molecule has 2 nitrogen and oxygen atoms in total.